The maximum atomic E-state index is 13.1. The zero-order valence-corrected chi connectivity index (χ0v) is 17.2. The number of hydrogen-bond donors (Lipinski definition) is 0. The van der Waals surface area contributed by atoms with Crippen LogP contribution in [0.3, 0.4) is 0 Å². The van der Waals surface area contributed by atoms with Gasteiger partial charge in [-0.05, 0) is 37.1 Å². The van der Waals surface area contributed by atoms with E-state index in [1.807, 2.05) is 31.2 Å². The van der Waals surface area contributed by atoms with Crippen molar-refractivity contribution in [1.82, 2.24) is 0 Å². The van der Waals surface area contributed by atoms with Crippen LogP contribution in [0.1, 0.15) is 12.5 Å². The average Bonchev–Trinajstić information content (AvgIpc) is 3.00. The topological polar surface area (TPSA) is 76.2 Å². The van der Waals surface area contributed by atoms with Crippen molar-refractivity contribution in [3.05, 3.63) is 48.0 Å². The van der Waals surface area contributed by atoms with Crippen molar-refractivity contribution in [3.8, 4) is 11.5 Å². The van der Waals surface area contributed by atoms with E-state index >= 15 is 0 Å². The van der Waals surface area contributed by atoms with Gasteiger partial charge in [-0.3, -0.25) is 9.10 Å². The third-order valence-electron chi connectivity index (χ3n) is 4.81. The second kappa shape index (κ2) is 7.71. The predicted molar refractivity (Wildman–Crippen MR) is 109 cm³/mol. The third kappa shape index (κ3) is 3.77. The quantitative estimate of drug-likeness (QED) is 0.739. The molecule has 0 bridgehead atoms. The van der Waals surface area contributed by atoms with Gasteiger partial charge in [0.2, 0.25) is 15.9 Å². The molecule has 0 saturated heterocycles. The van der Waals surface area contributed by atoms with Crippen molar-refractivity contribution in [2.75, 3.05) is 36.2 Å². The van der Waals surface area contributed by atoms with E-state index in [0.717, 1.165) is 28.2 Å². The summed E-state index contributed by atoms with van der Waals surface area (Å²) in [7, 11) is -0.768. The molecule has 1 aliphatic heterocycles. The number of hydrogen-bond acceptors (Lipinski definition) is 5. The molecular formula is C20H24N2O5S. The Labute approximate surface area is 165 Å². The number of sulfonamides is 1. The summed E-state index contributed by atoms with van der Waals surface area (Å²) in [6.45, 7) is 1.64. The Balaban J connectivity index is 1.96. The smallest absolute Gasteiger partial charge is 0.248 e. The van der Waals surface area contributed by atoms with E-state index in [0.29, 0.717) is 17.2 Å². The van der Waals surface area contributed by atoms with Crippen LogP contribution in [-0.4, -0.2) is 47.4 Å². The molecule has 0 radical (unpaired) electrons. The fourth-order valence-corrected chi connectivity index (χ4v) is 4.37. The normalized spacial score (nSPS) is 15.9. The van der Waals surface area contributed by atoms with Crippen LogP contribution in [0.5, 0.6) is 11.5 Å². The van der Waals surface area contributed by atoms with Gasteiger partial charge in [0.15, 0.2) is 0 Å². The number of anilines is 2. The predicted octanol–water partition coefficient (Wildman–Crippen LogP) is 2.45. The van der Waals surface area contributed by atoms with Gasteiger partial charge in [0, 0.05) is 17.8 Å². The molecule has 150 valence electrons. The lowest BCUT2D eigenvalue weighted by molar-refractivity contribution is -0.117. The minimum Gasteiger partial charge on any atom is -0.497 e. The van der Waals surface area contributed by atoms with Crippen LogP contribution in [0.15, 0.2) is 42.5 Å². The van der Waals surface area contributed by atoms with E-state index in [1.165, 1.54) is 14.2 Å². The highest BCUT2D eigenvalue weighted by molar-refractivity contribution is 7.92. The zero-order valence-electron chi connectivity index (χ0n) is 16.4. The SMILES string of the molecule is COc1ccc(N(CC(=O)N2c3ccccc3C[C@H]2C)S(C)(=O)=O)c(OC)c1. The number of para-hydroxylation sites is 1. The molecule has 8 heteroatoms. The summed E-state index contributed by atoms with van der Waals surface area (Å²) < 4.78 is 36.6. The molecule has 0 saturated carbocycles. The van der Waals surface area contributed by atoms with Gasteiger partial charge in [-0.25, -0.2) is 8.42 Å². The van der Waals surface area contributed by atoms with Gasteiger partial charge in [-0.1, -0.05) is 18.2 Å². The Kier molecular flexibility index (Phi) is 5.51. The number of methoxy groups -OCH3 is 2. The molecule has 1 heterocycles. The number of rotatable bonds is 6. The maximum Gasteiger partial charge on any atom is 0.248 e. The third-order valence-corrected chi connectivity index (χ3v) is 5.94. The van der Waals surface area contributed by atoms with Gasteiger partial charge in [0.25, 0.3) is 0 Å². The van der Waals surface area contributed by atoms with Crippen LogP contribution in [0.4, 0.5) is 11.4 Å². The summed E-state index contributed by atoms with van der Waals surface area (Å²) in [6, 6.07) is 12.4. The first kappa shape index (κ1) is 20.0. The zero-order chi connectivity index (χ0) is 20.5. The summed E-state index contributed by atoms with van der Waals surface area (Å²) in [5.74, 6) is 0.552. The van der Waals surface area contributed by atoms with Gasteiger partial charge in [0.05, 0.1) is 26.2 Å². The highest BCUT2D eigenvalue weighted by Crippen LogP contribution is 2.35. The number of fused-ring (bicyclic) bond motifs is 1. The van der Waals surface area contributed by atoms with E-state index in [9.17, 15) is 13.2 Å². The largest absolute Gasteiger partial charge is 0.497 e. The second-order valence-corrected chi connectivity index (χ2v) is 8.66. The van der Waals surface area contributed by atoms with Crippen molar-refractivity contribution in [2.45, 2.75) is 19.4 Å². The summed E-state index contributed by atoms with van der Waals surface area (Å²) in [4.78, 5) is 14.8. The minimum atomic E-state index is -3.72. The lowest BCUT2D eigenvalue weighted by Crippen LogP contribution is -2.45. The fourth-order valence-electron chi connectivity index (χ4n) is 3.52. The molecular weight excluding hydrogens is 380 g/mol. The Hall–Kier alpha value is -2.74. The number of benzene rings is 2. The van der Waals surface area contributed by atoms with Crippen LogP contribution < -0.4 is 18.7 Å². The summed E-state index contributed by atoms with van der Waals surface area (Å²) in [5.41, 5.74) is 2.20. The molecule has 0 spiro atoms. The molecule has 0 aliphatic carbocycles. The Morgan fingerprint density at radius 1 is 1.18 bits per heavy atom. The molecule has 2 aromatic rings. The average molecular weight is 404 g/mol. The van der Waals surface area contributed by atoms with Crippen LogP contribution >= 0.6 is 0 Å². The molecule has 28 heavy (non-hydrogen) atoms. The lowest BCUT2D eigenvalue weighted by atomic mass is 10.1. The van der Waals surface area contributed by atoms with Crippen molar-refractivity contribution in [2.24, 2.45) is 0 Å². The standard InChI is InChI=1S/C20H24N2O5S/c1-14-11-15-7-5-6-8-17(15)22(14)20(23)13-21(28(4,24)25)18-10-9-16(26-2)12-19(18)27-3/h5-10,12,14H,11,13H2,1-4H3/t14-/m1/s1. The fraction of sp³-hybridized carbons (Fsp3) is 0.350. The summed E-state index contributed by atoms with van der Waals surface area (Å²) >= 11 is 0. The summed E-state index contributed by atoms with van der Waals surface area (Å²) in [5, 5.41) is 0. The molecule has 3 rings (SSSR count). The summed E-state index contributed by atoms with van der Waals surface area (Å²) in [6.07, 6.45) is 1.82. The molecule has 0 aromatic heterocycles. The van der Waals surface area contributed by atoms with Crippen LogP contribution in [0, 0.1) is 0 Å². The monoisotopic (exact) mass is 404 g/mol. The number of nitrogens with zero attached hydrogens (tertiary/aromatic N) is 2. The highest BCUT2D eigenvalue weighted by atomic mass is 32.2. The molecule has 1 aliphatic rings. The first-order valence-electron chi connectivity index (χ1n) is 8.86. The first-order valence-corrected chi connectivity index (χ1v) is 10.7. The van der Waals surface area contributed by atoms with Crippen molar-refractivity contribution in [1.29, 1.82) is 0 Å². The minimum absolute atomic E-state index is 0.0379. The van der Waals surface area contributed by atoms with E-state index in [1.54, 1.807) is 23.1 Å². The van der Waals surface area contributed by atoms with E-state index in [4.69, 9.17) is 9.47 Å². The van der Waals surface area contributed by atoms with E-state index < -0.39 is 10.0 Å². The van der Waals surface area contributed by atoms with Gasteiger partial charge in [-0.2, -0.15) is 0 Å². The van der Waals surface area contributed by atoms with Gasteiger partial charge >= 0.3 is 0 Å². The van der Waals surface area contributed by atoms with Gasteiger partial charge < -0.3 is 14.4 Å². The molecule has 0 fully saturated rings. The number of ether oxygens (including phenoxy) is 2. The van der Waals surface area contributed by atoms with Crippen LogP contribution in [-0.2, 0) is 21.2 Å². The van der Waals surface area contributed by atoms with Crippen LogP contribution in [0.2, 0.25) is 0 Å². The second-order valence-electron chi connectivity index (χ2n) is 6.75. The Morgan fingerprint density at radius 2 is 1.89 bits per heavy atom. The van der Waals surface area contributed by atoms with Gasteiger partial charge in [0.1, 0.15) is 18.0 Å². The first-order chi connectivity index (χ1) is 13.3. The molecule has 2 aromatic carbocycles. The molecule has 7 nitrogen and oxygen atoms in total. The number of carbonyl (C=O) groups excluding carboxylic acids is 1. The molecule has 1 atom stereocenters. The Bertz CT molecular complexity index is 990. The molecule has 0 N–H and O–H groups in total. The van der Waals surface area contributed by atoms with E-state index in [-0.39, 0.29) is 18.5 Å². The maximum absolute atomic E-state index is 13.1. The van der Waals surface area contributed by atoms with Crippen molar-refractivity contribution >= 4 is 27.3 Å². The Morgan fingerprint density at radius 3 is 2.54 bits per heavy atom. The molecule has 1 amide bonds. The van der Waals surface area contributed by atoms with Crippen molar-refractivity contribution < 1.29 is 22.7 Å². The van der Waals surface area contributed by atoms with Gasteiger partial charge in [-0.15, -0.1) is 0 Å². The lowest BCUT2D eigenvalue weighted by Gasteiger charge is -2.28. The highest BCUT2D eigenvalue weighted by Gasteiger charge is 2.33. The number of carbonyl (C=O) groups is 1. The number of amides is 1. The van der Waals surface area contributed by atoms with E-state index in [2.05, 4.69) is 0 Å². The van der Waals surface area contributed by atoms with Crippen LogP contribution in [0.25, 0.3) is 0 Å². The molecule has 0 unspecified atom stereocenters. The van der Waals surface area contributed by atoms with Crippen molar-refractivity contribution in [3.63, 3.8) is 0 Å².